The first-order chi connectivity index (χ1) is 12.1. The number of aromatic nitrogens is 1. The molecule has 1 aromatic carbocycles. The van der Waals surface area contributed by atoms with E-state index in [1.807, 2.05) is 13.0 Å². The summed E-state index contributed by atoms with van der Waals surface area (Å²) < 4.78 is 5.79. The SMILES string of the molecule is Cc1nc2c(c(-c3ccc4c(c3C)CCCO4)c1CC(=O)O)CCN2. The normalized spacial score (nSPS) is 15.1. The first-order valence-corrected chi connectivity index (χ1v) is 8.80. The van der Waals surface area contributed by atoms with Crippen molar-refractivity contribution in [2.24, 2.45) is 0 Å². The monoisotopic (exact) mass is 338 g/mol. The predicted molar refractivity (Wildman–Crippen MR) is 96.5 cm³/mol. The van der Waals surface area contributed by atoms with E-state index >= 15 is 0 Å². The summed E-state index contributed by atoms with van der Waals surface area (Å²) in [5.74, 6) is 1.04. The molecule has 2 aliphatic rings. The van der Waals surface area contributed by atoms with Gasteiger partial charge >= 0.3 is 5.97 Å². The second-order valence-electron chi connectivity index (χ2n) is 6.79. The molecule has 4 rings (SSSR count). The van der Waals surface area contributed by atoms with Crippen molar-refractivity contribution in [3.8, 4) is 16.9 Å². The molecule has 5 heteroatoms. The molecule has 0 amide bonds. The Morgan fingerprint density at radius 3 is 2.92 bits per heavy atom. The van der Waals surface area contributed by atoms with Crippen LogP contribution in [0.5, 0.6) is 5.75 Å². The van der Waals surface area contributed by atoms with E-state index in [1.54, 1.807) is 0 Å². The van der Waals surface area contributed by atoms with Crippen molar-refractivity contribution in [2.75, 3.05) is 18.5 Å². The summed E-state index contributed by atoms with van der Waals surface area (Å²) in [5, 5.41) is 12.7. The highest BCUT2D eigenvalue weighted by Gasteiger charge is 2.26. The molecule has 0 unspecified atom stereocenters. The van der Waals surface area contributed by atoms with E-state index in [9.17, 15) is 9.90 Å². The predicted octanol–water partition coefficient (Wildman–Crippen LogP) is 3.29. The van der Waals surface area contributed by atoms with Gasteiger partial charge in [-0.15, -0.1) is 0 Å². The number of carbonyl (C=O) groups is 1. The third-order valence-electron chi connectivity index (χ3n) is 5.25. The molecule has 0 bridgehead atoms. The lowest BCUT2D eigenvalue weighted by molar-refractivity contribution is -0.136. The maximum atomic E-state index is 11.5. The first-order valence-electron chi connectivity index (χ1n) is 8.80. The molecule has 0 saturated heterocycles. The van der Waals surface area contributed by atoms with Crippen LogP contribution in [0.4, 0.5) is 5.82 Å². The number of aryl methyl sites for hydroxylation is 1. The minimum absolute atomic E-state index is 0.00548. The van der Waals surface area contributed by atoms with Crippen molar-refractivity contribution >= 4 is 11.8 Å². The van der Waals surface area contributed by atoms with Crippen LogP contribution in [-0.4, -0.2) is 29.2 Å². The van der Waals surface area contributed by atoms with Gasteiger partial charge in [0.1, 0.15) is 11.6 Å². The van der Waals surface area contributed by atoms with Gasteiger partial charge < -0.3 is 15.2 Å². The number of rotatable bonds is 3. The average Bonchev–Trinajstić information content (AvgIpc) is 3.04. The molecular weight excluding hydrogens is 316 g/mol. The molecule has 0 atom stereocenters. The number of fused-ring (bicyclic) bond motifs is 2. The Hall–Kier alpha value is -2.56. The lowest BCUT2D eigenvalue weighted by Gasteiger charge is -2.23. The lowest BCUT2D eigenvalue weighted by atomic mass is 9.86. The number of ether oxygens (including phenoxy) is 1. The van der Waals surface area contributed by atoms with Gasteiger partial charge in [-0.3, -0.25) is 4.79 Å². The zero-order chi connectivity index (χ0) is 17.6. The van der Waals surface area contributed by atoms with Crippen molar-refractivity contribution in [3.63, 3.8) is 0 Å². The van der Waals surface area contributed by atoms with Crippen molar-refractivity contribution in [1.82, 2.24) is 4.98 Å². The maximum Gasteiger partial charge on any atom is 0.307 e. The molecule has 2 aliphatic heterocycles. The first kappa shape index (κ1) is 15.9. The highest BCUT2D eigenvalue weighted by molar-refractivity contribution is 5.84. The summed E-state index contributed by atoms with van der Waals surface area (Å²) in [4.78, 5) is 16.1. The summed E-state index contributed by atoms with van der Waals surface area (Å²) in [6, 6.07) is 4.12. The quantitative estimate of drug-likeness (QED) is 0.898. The Morgan fingerprint density at radius 2 is 2.12 bits per heavy atom. The van der Waals surface area contributed by atoms with Gasteiger partial charge in [0.15, 0.2) is 0 Å². The molecule has 0 saturated carbocycles. The van der Waals surface area contributed by atoms with Gasteiger partial charge in [-0.1, -0.05) is 6.07 Å². The number of nitrogens with one attached hydrogen (secondary N) is 1. The summed E-state index contributed by atoms with van der Waals surface area (Å²) >= 11 is 0. The molecule has 0 fully saturated rings. The zero-order valence-electron chi connectivity index (χ0n) is 14.6. The second kappa shape index (κ2) is 6.06. The number of carboxylic acids is 1. The van der Waals surface area contributed by atoms with Crippen LogP contribution in [0.15, 0.2) is 12.1 Å². The Kier molecular flexibility index (Phi) is 3.86. The van der Waals surface area contributed by atoms with Crippen molar-refractivity contribution < 1.29 is 14.6 Å². The highest BCUT2D eigenvalue weighted by atomic mass is 16.5. The van der Waals surface area contributed by atoms with Gasteiger partial charge in [0, 0.05) is 17.8 Å². The van der Waals surface area contributed by atoms with Crippen LogP contribution in [0, 0.1) is 13.8 Å². The summed E-state index contributed by atoms with van der Waals surface area (Å²) in [5.41, 5.74) is 7.38. The summed E-state index contributed by atoms with van der Waals surface area (Å²) in [7, 11) is 0. The molecule has 25 heavy (non-hydrogen) atoms. The number of nitrogens with zero attached hydrogens (tertiary/aromatic N) is 1. The number of benzene rings is 1. The molecular formula is C20H22N2O3. The Labute approximate surface area is 147 Å². The number of pyridine rings is 1. The third-order valence-corrected chi connectivity index (χ3v) is 5.25. The molecule has 0 spiro atoms. The minimum Gasteiger partial charge on any atom is -0.493 e. The molecule has 3 heterocycles. The molecule has 0 radical (unpaired) electrons. The molecule has 2 aromatic rings. The molecule has 0 aliphatic carbocycles. The largest absolute Gasteiger partial charge is 0.493 e. The topological polar surface area (TPSA) is 71.5 Å². The fraction of sp³-hybridized carbons (Fsp3) is 0.400. The fourth-order valence-corrected chi connectivity index (χ4v) is 4.05. The number of hydrogen-bond donors (Lipinski definition) is 2. The standard InChI is InChI=1S/C20H22N2O3/c1-11-13-4-3-9-25-17(13)6-5-14(11)19-15-7-8-21-20(15)22-12(2)16(19)10-18(23)24/h5-6H,3-4,7-10H2,1-2H3,(H,21,22)(H,23,24). The van der Waals surface area contributed by atoms with Gasteiger partial charge in [0.25, 0.3) is 0 Å². The molecule has 2 N–H and O–H groups in total. The van der Waals surface area contributed by atoms with E-state index in [4.69, 9.17) is 4.74 Å². The van der Waals surface area contributed by atoms with E-state index in [2.05, 4.69) is 23.3 Å². The Balaban J connectivity index is 1.97. The Morgan fingerprint density at radius 1 is 1.28 bits per heavy atom. The van der Waals surface area contributed by atoms with E-state index in [0.717, 1.165) is 71.9 Å². The van der Waals surface area contributed by atoms with Crippen molar-refractivity contribution in [3.05, 3.63) is 40.1 Å². The van der Waals surface area contributed by atoms with E-state index in [0.29, 0.717) is 0 Å². The second-order valence-corrected chi connectivity index (χ2v) is 6.79. The van der Waals surface area contributed by atoms with E-state index in [-0.39, 0.29) is 6.42 Å². The van der Waals surface area contributed by atoms with Gasteiger partial charge in [-0.05, 0) is 67.0 Å². The van der Waals surface area contributed by atoms with Crippen molar-refractivity contribution in [1.29, 1.82) is 0 Å². The van der Waals surface area contributed by atoms with Gasteiger partial charge in [0.2, 0.25) is 0 Å². The maximum absolute atomic E-state index is 11.5. The van der Waals surface area contributed by atoms with Crippen LogP contribution >= 0.6 is 0 Å². The van der Waals surface area contributed by atoms with Crippen LogP contribution in [0.25, 0.3) is 11.1 Å². The average molecular weight is 338 g/mol. The van der Waals surface area contributed by atoms with Crippen molar-refractivity contribution in [2.45, 2.75) is 39.5 Å². The summed E-state index contributed by atoms with van der Waals surface area (Å²) in [6.45, 7) is 5.64. The van der Waals surface area contributed by atoms with Crippen LogP contribution in [0.3, 0.4) is 0 Å². The molecule has 1 aromatic heterocycles. The number of carboxylic acid groups (broad SMARTS) is 1. The third kappa shape index (κ3) is 2.64. The Bertz CT molecular complexity index is 874. The molecule has 5 nitrogen and oxygen atoms in total. The van der Waals surface area contributed by atoms with Gasteiger partial charge in [-0.25, -0.2) is 4.98 Å². The molecule has 130 valence electrons. The lowest BCUT2D eigenvalue weighted by Crippen LogP contribution is -2.12. The number of anilines is 1. The summed E-state index contributed by atoms with van der Waals surface area (Å²) in [6.07, 6.45) is 2.90. The van der Waals surface area contributed by atoms with Crippen LogP contribution in [-0.2, 0) is 24.1 Å². The highest BCUT2D eigenvalue weighted by Crippen LogP contribution is 2.41. The van der Waals surface area contributed by atoms with Gasteiger partial charge in [0.05, 0.1) is 13.0 Å². The fourth-order valence-electron chi connectivity index (χ4n) is 4.05. The van der Waals surface area contributed by atoms with Crippen LogP contribution in [0.2, 0.25) is 0 Å². The number of hydrogen-bond acceptors (Lipinski definition) is 4. The van der Waals surface area contributed by atoms with Crippen LogP contribution < -0.4 is 10.1 Å². The zero-order valence-corrected chi connectivity index (χ0v) is 14.6. The van der Waals surface area contributed by atoms with Gasteiger partial charge in [-0.2, -0.15) is 0 Å². The number of aliphatic carboxylic acids is 1. The van der Waals surface area contributed by atoms with Crippen LogP contribution in [0.1, 0.15) is 34.4 Å². The van der Waals surface area contributed by atoms with E-state index < -0.39 is 5.97 Å². The minimum atomic E-state index is -0.823. The smallest absolute Gasteiger partial charge is 0.307 e. The van der Waals surface area contributed by atoms with E-state index in [1.165, 1.54) is 11.1 Å².